The van der Waals surface area contributed by atoms with E-state index in [0.29, 0.717) is 0 Å². The maximum Gasteiger partial charge on any atom is 0.123 e. The molecule has 0 aliphatic heterocycles. The van der Waals surface area contributed by atoms with Crippen LogP contribution in [0.5, 0.6) is 0 Å². The molecule has 0 saturated heterocycles. The molecule has 0 radical (unpaired) electrons. The van der Waals surface area contributed by atoms with E-state index in [1.165, 1.54) is 12.1 Å². The summed E-state index contributed by atoms with van der Waals surface area (Å²) >= 11 is 3.51. The molecular weight excluding hydrogens is 297 g/mol. The van der Waals surface area contributed by atoms with Crippen LogP contribution in [0.2, 0.25) is 0 Å². The Morgan fingerprint density at radius 2 is 2.22 bits per heavy atom. The minimum Gasteiger partial charge on any atom is -0.325 e. The first-order valence-electron chi connectivity index (χ1n) is 5.75. The average Bonchev–Trinajstić information content (AvgIpc) is 2.64. The molecule has 2 rings (SSSR count). The van der Waals surface area contributed by atoms with Gasteiger partial charge in [-0.3, -0.25) is 0 Å². The van der Waals surface area contributed by atoms with Gasteiger partial charge >= 0.3 is 0 Å². The van der Waals surface area contributed by atoms with Crippen LogP contribution < -0.4 is 5.32 Å². The second-order valence-corrected chi connectivity index (χ2v) is 4.84. The van der Waals surface area contributed by atoms with Crippen molar-refractivity contribution < 1.29 is 4.39 Å². The molecular formula is C13H15BrFN3. The van der Waals surface area contributed by atoms with Gasteiger partial charge in [-0.05, 0) is 35.1 Å². The largest absolute Gasteiger partial charge is 0.325 e. The highest BCUT2D eigenvalue weighted by Crippen LogP contribution is 2.28. The van der Waals surface area contributed by atoms with Crippen LogP contribution in [-0.2, 0) is 13.5 Å². The van der Waals surface area contributed by atoms with Crippen molar-refractivity contribution >= 4 is 15.9 Å². The Hall–Kier alpha value is -1.20. The van der Waals surface area contributed by atoms with Crippen molar-refractivity contribution in [3.63, 3.8) is 0 Å². The first-order valence-corrected chi connectivity index (χ1v) is 6.54. The van der Waals surface area contributed by atoms with Crippen LogP contribution in [0.25, 0.3) is 11.3 Å². The first-order chi connectivity index (χ1) is 8.63. The highest BCUT2D eigenvalue weighted by molar-refractivity contribution is 9.10. The highest BCUT2D eigenvalue weighted by Gasteiger charge is 2.14. The van der Waals surface area contributed by atoms with Crippen molar-refractivity contribution in [2.75, 3.05) is 13.6 Å². The summed E-state index contributed by atoms with van der Waals surface area (Å²) in [6.45, 7) is 0.861. The zero-order valence-electron chi connectivity index (χ0n) is 10.4. The van der Waals surface area contributed by atoms with Crippen LogP contribution >= 0.6 is 15.9 Å². The normalized spacial score (nSPS) is 10.9. The summed E-state index contributed by atoms with van der Waals surface area (Å²) in [4.78, 5) is 4.57. The van der Waals surface area contributed by atoms with Gasteiger partial charge in [0.05, 0.1) is 0 Å². The van der Waals surface area contributed by atoms with E-state index in [9.17, 15) is 4.39 Å². The Balaban J connectivity index is 2.39. The molecule has 1 aromatic carbocycles. The van der Waals surface area contributed by atoms with Crippen molar-refractivity contribution in [2.45, 2.75) is 6.42 Å². The zero-order valence-corrected chi connectivity index (χ0v) is 12.0. The van der Waals surface area contributed by atoms with Crippen molar-refractivity contribution in [3.05, 3.63) is 40.5 Å². The number of hydrogen-bond acceptors (Lipinski definition) is 2. The Morgan fingerprint density at radius 3 is 2.89 bits per heavy atom. The number of rotatable bonds is 4. The lowest BCUT2D eigenvalue weighted by Crippen LogP contribution is -2.13. The van der Waals surface area contributed by atoms with Crippen LogP contribution in [0.4, 0.5) is 4.39 Å². The number of nitrogens with zero attached hydrogens (tertiary/aromatic N) is 2. The van der Waals surface area contributed by atoms with Crippen LogP contribution in [0.3, 0.4) is 0 Å². The van der Waals surface area contributed by atoms with Gasteiger partial charge in [0, 0.05) is 25.6 Å². The highest BCUT2D eigenvalue weighted by atomic mass is 79.9. The van der Waals surface area contributed by atoms with E-state index in [1.807, 2.05) is 24.7 Å². The van der Waals surface area contributed by atoms with Crippen molar-refractivity contribution in [3.8, 4) is 11.3 Å². The van der Waals surface area contributed by atoms with E-state index in [2.05, 4.69) is 26.2 Å². The molecule has 3 nitrogen and oxygen atoms in total. The van der Waals surface area contributed by atoms with E-state index < -0.39 is 0 Å². The van der Waals surface area contributed by atoms with Gasteiger partial charge in [-0.15, -0.1) is 0 Å². The first kappa shape index (κ1) is 13.2. The third kappa shape index (κ3) is 2.62. The number of imidazole rings is 1. The second-order valence-electron chi connectivity index (χ2n) is 4.09. The molecule has 1 N–H and O–H groups in total. The van der Waals surface area contributed by atoms with E-state index in [0.717, 1.165) is 34.7 Å². The molecule has 0 aliphatic rings. The van der Waals surface area contributed by atoms with Crippen LogP contribution in [0, 0.1) is 5.82 Å². The predicted molar refractivity (Wildman–Crippen MR) is 73.9 cm³/mol. The molecule has 96 valence electrons. The van der Waals surface area contributed by atoms with Gasteiger partial charge in [-0.2, -0.15) is 0 Å². The van der Waals surface area contributed by atoms with Crippen molar-refractivity contribution in [1.29, 1.82) is 0 Å². The van der Waals surface area contributed by atoms with Gasteiger partial charge in [0.25, 0.3) is 0 Å². The number of benzene rings is 1. The summed E-state index contributed by atoms with van der Waals surface area (Å²) in [6.07, 6.45) is 0.834. The SMILES string of the molecule is CNCCc1nc(-c2cccc(F)c2)c(Br)n1C. The Labute approximate surface area is 114 Å². The lowest BCUT2D eigenvalue weighted by atomic mass is 10.2. The van der Waals surface area contributed by atoms with Gasteiger partial charge in [-0.25, -0.2) is 9.37 Å². The molecule has 5 heteroatoms. The molecule has 0 aliphatic carbocycles. The molecule has 0 fully saturated rings. The number of nitrogens with one attached hydrogen (secondary N) is 1. The number of hydrogen-bond donors (Lipinski definition) is 1. The maximum atomic E-state index is 13.2. The van der Waals surface area contributed by atoms with Gasteiger partial charge in [0.2, 0.25) is 0 Å². The summed E-state index contributed by atoms with van der Waals surface area (Å²) in [5.41, 5.74) is 1.57. The average molecular weight is 312 g/mol. The summed E-state index contributed by atoms with van der Waals surface area (Å²) in [5, 5.41) is 3.09. The molecule has 1 heterocycles. The topological polar surface area (TPSA) is 29.9 Å². The molecule has 0 amide bonds. The van der Waals surface area contributed by atoms with E-state index in [-0.39, 0.29) is 5.82 Å². The Kier molecular flexibility index (Phi) is 4.14. The van der Waals surface area contributed by atoms with E-state index >= 15 is 0 Å². The lowest BCUT2D eigenvalue weighted by Gasteiger charge is -2.01. The fourth-order valence-corrected chi connectivity index (χ4v) is 2.32. The molecule has 0 spiro atoms. The van der Waals surface area contributed by atoms with Crippen molar-refractivity contribution in [2.24, 2.45) is 7.05 Å². The maximum absolute atomic E-state index is 13.2. The standard InChI is InChI=1S/C13H15BrFN3/c1-16-7-6-11-17-12(13(14)18(11)2)9-4-3-5-10(15)8-9/h3-5,8,16H,6-7H2,1-2H3. The van der Waals surface area contributed by atoms with Crippen LogP contribution in [0.15, 0.2) is 28.9 Å². The lowest BCUT2D eigenvalue weighted by molar-refractivity contribution is 0.628. The Bertz CT molecular complexity index is 551. The summed E-state index contributed by atoms with van der Waals surface area (Å²) in [6, 6.07) is 6.48. The number of halogens is 2. The van der Waals surface area contributed by atoms with Crippen molar-refractivity contribution in [1.82, 2.24) is 14.9 Å². The van der Waals surface area contributed by atoms with Crippen LogP contribution in [0.1, 0.15) is 5.82 Å². The summed E-state index contributed by atoms with van der Waals surface area (Å²) in [7, 11) is 3.86. The quantitative estimate of drug-likeness (QED) is 0.941. The van der Waals surface area contributed by atoms with Gasteiger partial charge in [0.15, 0.2) is 0 Å². The molecule has 0 saturated carbocycles. The van der Waals surface area contributed by atoms with Gasteiger partial charge in [0.1, 0.15) is 21.9 Å². The van der Waals surface area contributed by atoms with E-state index in [4.69, 9.17) is 0 Å². The molecule has 0 bridgehead atoms. The zero-order chi connectivity index (χ0) is 13.1. The molecule has 0 atom stereocenters. The smallest absolute Gasteiger partial charge is 0.123 e. The minimum absolute atomic E-state index is 0.248. The summed E-state index contributed by atoms with van der Waals surface area (Å²) < 4.78 is 16.1. The van der Waals surface area contributed by atoms with Gasteiger partial charge < -0.3 is 9.88 Å². The second kappa shape index (κ2) is 5.63. The van der Waals surface area contributed by atoms with Crippen LogP contribution in [-0.4, -0.2) is 23.1 Å². The summed E-state index contributed by atoms with van der Waals surface area (Å²) in [5.74, 6) is 0.720. The fraction of sp³-hybridized carbons (Fsp3) is 0.308. The fourth-order valence-electron chi connectivity index (χ4n) is 1.80. The minimum atomic E-state index is -0.248. The molecule has 2 aromatic rings. The number of likely N-dealkylation sites (N-methyl/N-ethyl adjacent to an activating group) is 1. The molecule has 1 aromatic heterocycles. The van der Waals surface area contributed by atoms with Gasteiger partial charge in [-0.1, -0.05) is 12.1 Å². The molecule has 18 heavy (non-hydrogen) atoms. The predicted octanol–water partition coefficient (Wildman–Crippen LogP) is 2.75. The Morgan fingerprint density at radius 1 is 1.44 bits per heavy atom. The number of aromatic nitrogens is 2. The van der Waals surface area contributed by atoms with E-state index in [1.54, 1.807) is 6.07 Å². The monoisotopic (exact) mass is 311 g/mol. The third-order valence-electron chi connectivity index (χ3n) is 2.81. The third-order valence-corrected chi connectivity index (χ3v) is 3.72. The molecule has 0 unspecified atom stereocenters.